The van der Waals surface area contributed by atoms with Crippen LogP contribution in [-0.2, 0) is 6.54 Å². The highest BCUT2D eigenvalue weighted by molar-refractivity contribution is 9.10. The number of hydrogen-bond donors (Lipinski definition) is 2. The lowest BCUT2D eigenvalue weighted by Gasteiger charge is -2.18. The fourth-order valence-corrected chi connectivity index (χ4v) is 1.79. The summed E-state index contributed by atoms with van der Waals surface area (Å²) in [5, 5.41) is 14.0. The van der Waals surface area contributed by atoms with Crippen molar-refractivity contribution in [3.63, 3.8) is 0 Å². The van der Waals surface area contributed by atoms with Gasteiger partial charge in [0.15, 0.2) is 0 Å². The van der Waals surface area contributed by atoms with E-state index in [2.05, 4.69) is 57.5 Å². The first-order valence-corrected chi connectivity index (χ1v) is 6.92. The molecule has 0 aliphatic carbocycles. The lowest BCUT2D eigenvalue weighted by Crippen LogP contribution is -2.35. The Balaban J connectivity index is 2.00. The highest BCUT2D eigenvalue weighted by Crippen LogP contribution is 2.22. The Bertz CT molecular complexity index is 594. The van der Waals surface area contributed by atoms with Gasteiger partial charge in [0.05, 0.1) is 11.0 Å². The van der Waals surface area contributed by atoms with E-state index in [1.165, 1.54) is 6.07 Å². The first kappa shape index (κ1) is 14.9. The number of benzene rings is 1. The van der Waals surface area contributed by atoms with Crippen molar-refractivity contribution in [1.29, 1.82) is 0 Å². The second-order valence-electron chi connectivity index (χ2n) is 5.36. The molecule has 2 rings (SSSR count). The number of aromatic nitrogens is 2. The van der Waals surface area contributed by atoms with E-state index in [0.29, 0.717) is 22.6 Å². The maximum absolute atomic E-state index is 13.1. The van der Waals surface area contributed by atoms with Gasteiger partial charge in [0.1, 0.15) is 5.82 Å². The SMILES string of the molecule is CC(C)(C)NCc1nnc(Nc2ccc(F)c(Br)c2)o1. The third-order valence-electron chi connectivity index (χ3n) is 2.41. The standard InChI is InChI=1S/C13H16BrFN4O/c1-13(2,3)16-7-11-18-19-12(20-11)17-8-4-5-10(15)9(14)6-8/h4-6,16H,7H2,1-3H3,(H,17,19). The van der Waals surface area contributed by atoms with E-state index in [1.54, 1.807) is 12.1 Å². The van der Waals surface area contributed by atoms with Crippen molar-refractivity contribution in [3.05, 3.63) is 34.4 Å². The van der Waals surface area contributed by atoms with Gasteiger partial charge in [-0.1, -0.05) is 5.10 Å². The monoisotopic (exact) mass is 342 g/mol. The Hall–Kier alpha value is -1.47. The van der Waals surface area contributed by atoms with Crippen molar-refractivity contribution in [1.82, 2.24) is 15.5 Å². The van der Waals surface area contributed by atoms with Crippen LogP contribution in [0, 0.1) is 5.82 Å². The van der Waals surface area contributed by atoms with Crippen LogP contribution >= 0.6 is 15.9 Å². The van der Waals surface area contributed by atoms with Crippen LogP contribution in [0.25, 0.3) is 0 Å². The molecule has 1 aromatic carbocycles. The van der Waals surface area contributed by atoms with Crippen LogP contribution in [0.1, 0.15) is 26.7 Å². The molecule has 0 spiro atoms. The number of nitrogens with zero attached hydrogens (tertiary/aromatic N) is 2. The van der Waals surface area contributed by atoms with Gasteiger partial charge in [-0.3, -0.25) is 0 Å². The van der Waals surface area contributed by atoms with Crippen LogP contribution in [0.4, 0.5) is 16.1 Å². The average molecular weight is 343 g/mol. The van der Waals surface area contributed by atoms with Crippen molar-refractivity contribution in [2.45, 2.75) is 32.9 Å². The summed E-state index contributed by atoms with van der Waals surface area (Å²) >= 11 is 3.12. The lowest BCUT2D eigenvalue weighted by molar-refractivity contribution is 0.384. The molecule has 0 bridgehead atoms. The molecule has 0 atom stereocenters. The molecule has 7 heteroatoms. The molecular weight excluding hydrogens is 327 g/mol. The summed E-state index contributed by atoms with van der Waals surface area (Å²) in [7, 11) is 0. The number of halogens is 2. The second kappa shape index (κ2) is 5.88. The zero-order chi connectivity index (χ0) is 14.8. The van der Waals surface area contributed by atoms with Gasteiger partial charge in [0.2, 0.25) is 5.89 Å². The van der Waals surface area contributed by atoms with Crippen LogP contribution in [0.3, 0.4) is 0 Å². The molecule has 0 aliphatic heterocycles. The van der Waals surface area contributed by atoms with E-state index in [0.717, 1.165) is 0 Å². The number of nitrogens with one attached hydrogen (secondary N) is 2. The Labute approximate surface area is 125 Å². The predicted molar refractivity (Wildman–Crippen MR) is 78.3 cm³/mol. The topological polar surface area (TPSA) is 63.0 Å². The van der Waals surface area contributed by atoms with E-state index < -0.39 is 0 Å². The van der Waals surface area contributed by atoms with E-state index in [-0.39, 0.29) is 17.4 Å². The second-order valence-corrected chi connectivity index (χ2v) is 6.21. The molecule has 1 heterocycles. The van der Waals surface area contributed by atoms with Crippen LogP contribution in [0.15, 0.2) is 27.1 Å². The zero-order valence-electron chi connectivity index (χ0n) is 11.5. The normalized spacial score (nSPS) is 11.7. The highest BCUT2D eigenvalue weighted by Gasteiger charge is 2.12. The van der Waals surface area contributed by atoms with Gasteiger partial charge in [-0.05, 0) is 54.9 Å². The molecule has 0 amide bonds. The molecule has 0 unspecified atom stereocenters. The van der Waals surface area contributed by atoms with E-state index in [9.17, 15) is 4.39 Å². The van der Waals surface area contributed by atoms with Gasteiger partial charge in [-0.2, -0.15) is 0 Å². The van der Waals surface area contributed by atoms with Gasteiger partial charge < -0.3 is 15.1 Å². The Kier molecular flexibility index (Phi) is 4.39. The van der Waals surface area contributed by atoms with Crippen molar-refractivity contribution in [2.24, 2.45) is 0 Å². The first-order chi connectivity index (χ1) is 9.33. The molecule has 0 fully saturated rings. The van der Waals surface area contributed by atoms with Crippen LogP contribution in [0.5, 0.6) is 0 Å². The number of hydrogen-bond acceptors (Lipinski definition) is 5. The maximum Gasteiger partial charge on any atom is 0.320 e. The average Bonchev–Trinajstić information content (AvgIpc) is 2.78. The van der Waals surface area contributed by atoms with E-state index >= 15 is 0 Å². The van der Waals surface area contributed by atoms with Gasteiger partial charge in [-0.15, -0.1) is 5.10 Å². The van der Waals surface area contributed by atoms with Crippen LogP contribution in [0.2, 0.25) is 0 Å². The fraction of sp³-hybridized carbons (Fsp3) is 0.385. The summed E-state index contributed by atoms with van der Waals surface area (Å²) in [4.78, 5) is 0. The van der Waals surface area contributed by atoms with Gasteiger partial charge in [0, 0.05) is 11.2 Å². The lowest BCUT2D eigenvalue weighted by atomic mass is 10.1. The fourth-order valence-electron chi connectivity index (χ4n) is 1.41. The van der Waals surface area contributed by atoms with Crippen LogP contribution in [-0.4, -0.2) is 15.7 Å². The predicted octanol–water partition coefficient (Wildman–Crippen LogP) is 3.60. The molecule has 1 aromatic heterocycles. The minimum absolute atomic E-state index is 0.0239. The molecule has 20 heavy (non-hydrogen) atoms. The van der Waals surface area contributed by atoms with E-state index in [4.69, 9.17) is 4.42 Å². The van der Waals surface area contributed by atoms with Crippen molar-refractivity contribution in [3.8, 4) is 0 Å². The first-order valence-electron chi connectivity index (χ1n) is 6.13. The molecule has 0 saturated carbocycles. The minimum atomic E-state index is -0.323. The number of anilines is 2. The van der Waals surface area contributed by atoms with Crippen molar-refractivity contribution in [2.75, 3.05) is 5.32 Å². The van der Waals surface area contributed by atoms with Gasteiger partial charge in [0.25, 0.3) is 0 Å². The van der Waals surface area contributed by atoms with Gasteiger partial charge >= 0.3 is 6.01 Å². The summed E-state index contributed by atoms with van der Waals surface area (Å²) < 4.78 is 18.9. The maximum atomic E-state index is 13.1. The Morgan fingerprint density at radius 1 is 1.30 bits per heavy atom. The summed E-state index contributed by atoms with van der Waals surface area (Å²) in [6, 6.07) is 4.82. The summed E-state index contributed by atoms with van der Waals surface area (Å²) in [6.45, 7) is 6.65. The number of rotatable bonds is 4. The summed E-state index contributed by atoms with van der Waals surface area (Å²) in [6.07, 6.45) is 0. The van der Waals surface area contributed by atoms with E-state index in [1.807, 2.05) is 0 Å². The molecule has 0 aliphatic rings. The largest absolute Gasteiger partial charge is 0.406 e. The summed E-state index contributed by atoms with van der Waals surface area (Å²) in [5.41, 5.74) is 0.640. The zero-order valence-corrected chi connectivity index (χ0v) is 13.1. The third kappa shape index (κ3) is 4.28. The van der Waals surface area contributed by atoms with Gasteiger partial charge in [-0.25, -0.2) is 4.39 Å². The third-order valence-corrected chi connectivity index (χ3v) is 3.02. The quantitative estimate of drug-likeness (QED) is 0.888. The summed E-state index contributed by atoms with van der Waals surface area (Å²) in [5.74, 6) is 0.166. The molecule has 108 valence electrons. The molecule has 0 saturated heterocycles. The Morgan fingerprint density at radius 3 is 2.70 bits per heavy atom. The minimum Gasteiger partial charge on any atom is -0.406 e. The van der Waals surface area contributed by atoms with Crippen LogP contribution < -0.4 is 10.6 Å². The van der Waals surface area contributed by atoms with Crippen molar-refractivity contribution >= 4 is 27.6 Å². The Morgan fingerprint density at radius 2 is 2.05 bits per heavy atom. The highest BCUT2D eigenvalue weighted by atomic mass is 79.9. The molecular formula is C13H16BrFN4O. The molecule has 2 aromatic rings. The molecule has 5 nitrogen and oxygen atoms in total. The molecule has 2 N–H and O–H groups in total. The molecule has 0 radical (unpaired) electrons. The van der Waals surface area contributed by atoms with Crippen molar-refractivity contribution < 1.29 is 8.81 Å². The smallest absolute Gasteiger partial charge is 0.320 e.